The number of carbonyl (C=O) groups is 1. The fraction of sp³-hybridized carbons (Fsp3) is 0.875. The highest BCUT2D eigenvalue weighted by molar-refractivity contribution is 5.66. The largest absolute Gasteiger partial charge is 0.481 e. The van der Waals surface area contributed by atoms with Crippen molar-refractivity contribution < 1.29 is 9.90 Å². The first kappa shape index (κ1) is 9.48. The fourth-order valence-corrected chi connectivity index (χ4v) is 1.57. The molecule has 12 heavy (non-hydrogen) atoms. The molecule has 0 radical (unpaired) electrons. The molecule has 4 nitrogen and oxygen atoms in total. The number of piperidine rings is 1. The van der Waals surface area contributed by atoms with Crippen LogP contribution in [0.5, 0.6) is 0 Å². The molecular formula is C8H16N2O2. The van der Waals surface area contributed by atoms with Crippen molar-refractivity contribution >= 4 is 5.97 Å². The van der Waals surface area contributed by atoms with Gasteiger partial charge in [0.15, 0.2) is 0 Å². The minimum Gasteiger partial charge on any atom is -0.481 e. The molecule has 0 bridgehead atoms. The average molecular weight is 172 g/mol. The molecule has 0 unspecified atom stereocenters. The van der Waals surface area contributed by atoms with Gasteiger partial charge in [-0.05, 0) is 31.8 Å². The van der Waals surface area contributed by atoms with Gasteiger partial charge in [0.25, 0.3) is 0 Å². The third-order valence-corrected chi connectivity index (χ3v) is 2.40. The monoisotopic (exact) mass is 172 g/mol. The lowest BCUT2D eigenvalue weighted by atomic mass is 9.90. The molecule has 4 heteroatoms. The lowest BCUT2D eigenvalue weighted by Crippen LogP contribution is -2.44. The van der Waals surface area contributed by atoms with E-state index in [2.05, 4.69) is 5.32 Å². The number of nitrogens with two attached hydrogens (primary N) is 1. The lowest BCUT2D eigenvalue weighted by Gasteiger charge is -2.28. The molecule has 1 aliphatic rings. The maximum atomic E-state index is 10.3. The highest BCUT2D eigenvalue weighted by Gasteiger charge is 2.21. The number of aliphatic carboxylic acids is 1. The quantitative estimate of drug-likeness (QED) is 0.550. The lowest BCUT2D eigenvalue weighted by molar-refractivity contribution is -0.137. The van der Waals surface area contributed by atoms with Crippen LogP contribution in [-0.2, 0) is 4.79 Å². The van der Waals surface area contributed by atoms with Crippen LogP contribution in [-0.4, -0.2) is 30.2 Å². The summed E-state index contributed by atoms with van der Waals surface area (Å²) < 4.78 is 0. The van der Waals surface area contributed by atoms with E-state index >= 15 is 0 Å². The molecule has 1 rings (SSSR count). The maximum absolute atomic E-state index is 10.3. The Labute approximate surface area is 72.1 Å². The smallest absolute Gasteiger partial charge is 0.303 e. The molecule has 0 aliphatic carbocycles. The van der Waals surface area contributed by atoms with Gasteiger partial charge >= 0.3 is 5.97 Å². The Morgan fingerprint density at radius 3 is 3.00 bits per heavy atom. The van der Waals surface area contributed by atoms with E-state index in [1.54, 1.807) is 0 Å². The second-order valence-corrected chi connectivity index (χ2v) is 3.35. The molecule has 1 fully saturated rings. The van der Waals surface area contributed by atoms with Crippen LogP contribution in [0.2, 0.25) is 0 Å². The SMILES string of the molecule is N[C@@H]1CCNC[C@@H]1CCC(=O)O. The van der Waals surface area contributed by atoms with Gasteiger partial charge in [0.1, 0.15) is 0 Å². The van der Waals surface area contributed by atoms with E-state index in [4.69, 9.17) is 10.8 Å². The molecule has 2 atom stereocenters. The summed E-state index contributed by atoms with van der Waals surface area (Å²) >= 11 is 0. The van der Waals surface area contributed by atoms with Crippen molar-refractivity contribution in [2.75, 3.05) is 13.1 Å². The molecule has 0 spiro atoms. The summed E-state index contributed by atoms with van der Waals surface area (Å²) in [6.07, 6.45) is 1.90. The number of hydrogen-bond donors (Lipinski definition) is 3. The van der Waals surface area contributed by atoms with E-state index in [0.29, 0.717) is 12.3 Å². The molecule has 1 aliphatic heterocycles. The van der Waals surface area contributed by atoms with Crippen LogP contribution in [0.15, 0.2) is 0 Å². The second kappa shape index (κ2) is 4.42. The molecule has 0 aromatic carbocycles. The average Bonchev–Trinajstić information content (AvgIpc) is 2.03. The van der Waals surface area contributed by atoms with Crippen LogP contribution in [0.25, 0.3) is 0 Å². The summed E-state index contributed by atoms with van der Waals surface area (Å²) in [5.41, 5.74) is 5.83. The second-order valence-electron chi connectivity index (χ2n) is 3.35. The topological polar surface area (TPSA) is 75.3 Å². The van der Waals surface area contributed by atoms with Gasteiger partial charge in [-0.15, -0.1) is 0 Å². The van der Waals surface area contributed by atoms with Crippen molar-refractivity contribution in [1.82, 2.24) is 5.32 Å². The van der Waals surface area contributed by atoms with Gasteiger partial charge in [-0.3, -0.25) is 4.79 Å². The highest BCUT2D eigenvalue weighted by atomic mass is 16.4. The summed E-state index contributed by atoms with van der Waals surface area (Å²) in [4.78, 5) is 10.3. The highest BCUT2D eigenvalue weighted by Crippen LogP contribution is 2.14. The van der Waals surface area contributed by atoms with Crippen molar-refractivity contribution in [2.24, 2.45) is 11.7 Å². The molecule has 0 amide bonds. The summed E-state index contributed by atoms with van der Waals surface area (Å²) in [5.74, 6) is -0.386. The summed E-state index contributed by atoms with van der Waals surface area (Å²) in [5, 5.41) is 11.7. The zero-order valence-electron chi connectivity index (χ0n) is 7.12. The van der Waals surface area contributed by atoms with E-state index in [1.165, 1.54) is 0 Å². The Morgan fingerprint density at radius 2 is 2.42 bits per heavy atom. The molecule has 0 saturated carbocycles. The summed E-state index contributed by atoms with van der Waals surface area (Å²) in [6.45, 7) is 1.83. The van der Waals surface area contributed by atoms with Gasteiger partial charge in [-0.25, -0.2) is 0 Å². The molecule has 0 aromatic rings. The number of carboxylic acids is 1. The van der Waals surface area contributed by atoms with Crippen LogP contribution >= 0.6 is 0 Å². The van der Waals surface area contributed by atoms with E-state index in [0.717, 1.165) is 19.5 Å². The van der Waals surface area contributed by atoms with E-state index in [1.807, 2.05) is 0 Å². The molecule has 70 valence electrons. The predicted molar refractivity (Wildman–Crippen MR) is 45.8 cm³/mol. The van der Waals surface area contributed by atoms with E-state index in [9.17, 15) is 4.79 Å². The van der Waals surface area contributed by atoms with Gasteiger partial charge in [0, 0.05) is 12.5 Å². The Kier molecular flexibility index (Phi) is 3.49. The third kappa shape index (κ3) is 2.79. The fourth-order valence-electron chi connectivity index (χ4n) is 1.57. The number of hydrogen-bond acceptors (Lipinski definition) is 3. The maximum Gasteiger partial charge on any atom is 0.303 e. The van der Waals surface area contributed by atoms with E-state index in [-0.39, 0.29) is 12.5 Å². The predicted octanol–water partition coefficient (Wildman–Crippen LogP) is -0.212. The third-order valence-electron chi connectivity index (χ3n) is 2.40. The van der Waals surface area contributed by atoms with Crippen LogP contribution in [0, 0.1) is 5.92 Å². The van der Waals surface area contributed by atoms with E-state index < -0.39 is 5.97 Å². The Hall–Kier alpha value is -0.610. The number of nitrogens with one attached hydrogen (secondary N) is 1. The first-order chi connectivity index (χ1) is 5.70. The number of rotatable bonds is 3. The molecule has 0 aromatic heterocycles. The van der Waals surface area contributed by atoms with Crippen molar-refractivity contribution in [3.05, 3.63) is 0 Å². The van der Waals surface area contributed by atoms with Crippen LogP contribution in [0.3, 0.4) is 0 Å². The van der Waals surface area contributed by atoms with Gasteiger partial charge in [-0.1, -0.05) is 0 Å². The van der Waals surface area contributed by atoms with Gasteiger partial charge in [0.2, 0.25) is 0 Å². The molecule has 1 heterocycles. The normalized spacial score (nSPS) is 30.1. The zero-order valence-corrected chi connectivity index (χ0v) is 7.12. The number of carboxylic acid groups (broad SMARTS) is 1. The Balaban J connectivity index is 2.24. The van der Waals surface area contributed by atoms with Crippen LogP contribution in [0.1, 0.15) is 19.3 Å². The van der Waals surface area contributed by atoms with Crippen LogP contribution < -0.4 is 11.1 Å². The van der Waals surface area contributed by atoms with Gasteiger partial charge < -0.3 is 16.2 Å². The molecular weight excluding hydrogens is 156 g/mol. The molecule has 4 N–H and O–H groups in total. The van der Waals surface area contributed by atoms with Crippen molar-refractivity contribution in [3.63, 3.8) is 0 Å². The van der Waals surface area contributed by atoms with Crippen molar-refractivity contribution in [3.8, 4) is 0 Å². The standard InChI is InChI=1S/C8H16N2O2/c9-7-3-4-10-5-6(7)1-2-8(11)12/h6-7,10H,1-5,9H2,(H,11,12)/t6-,7+/m0/s1. The zero-order chi connectivity index (χ0) is 8.97. The van der Waals surface area contributed by atoms with Gasteiger partial charge in [0.05, 0.1) is 0 Å². The minimum absolute atomic E-state index is 0.186. The van der Waals surface area contributed by atoms with Crippen molar-refractivity contribution in [2.45, 2.75) is 25.3 Å². The minimum atomic E-state index is -0.729. The Bertz CT molecular complexity index is 161. The Morgan fingerprint density at radius 1 is 1.67 bits per heavy atom. The summed E-state index contributed by atoms with van der Waals surface area (Å²) in [6, 6.07) is 0.186. The first-order valence-corrected chi connectivity index (χ1v) is 4.38. The first-order valence-electron chi connectivity index (χ1n) is 4.38. The summed E-state index contributed by atoms with van der Waals surface area (Å²) in [7, 11) is 0. The van der Waals surface area contributed by atoms with Crippen LogP contribution in [0.4, 0.5) is 0 Å². The molecule has 1 saturated heterocycles. The van der Waals surface area contributed by atoms with Gasteiger partial charge in [-0.2, -0.15) is 0 Å². The van der Waals surface area contributed by atoms with Crippen molar-refractivity contribution in [1.29, 1.82) is 0 Å².